The van der Waals surface area contributed by atoms with Gasteiger partial charge in [0.05, 0.1) is 6.54 Å². The Kier molecular flexibility index (Phi) is 2.77. The smallest absolute Gasteiger partial charge is 0.0601 e. The lowest BCUT2D eigenvalue weighted by Gasteiger charge is -2.28. The Morgan fingerprint density at radius 1 is 1.40 bits per heavy atom. The molecule has 1 nitrogen and oxygen atoms in total. The molecule has 0 radical (unpaired) electrons. The molecule has 1 heterocycles. The lowest BCUT2D eigenvalue weighted by atomic mass is 10.2. The van der Waals surface area contributed by atoms with E-state index in [1.54, 1.807) is 0 Å². The van der Waals surface area contributed by atoms with E-state index < -0.39 is 0 Å². The van der Waals surface area contributed by atoms with Gasteiger partial charge in [-0.05, 0) is 6.42 Å². The van der Waals surface area contributed by atoms with Gasteiger partial charge in [-0.1, -0.05) is 25.7 Å². The highest BCUT2D eigenvalue weighted by Crippen LogP contribution is 2.03. The first-order valence-corrected chi connectivity index (χ1v) is 4.00. The summed E-state index contributed by atoms with van der Waals surface area (Å²) in [4.78, 5) is 2.37. The monoisotopic (exact) mass is 137 g/mol. The predicted octanol–water partition coefficient (Wildman–Crippen LogP) is 1.35. The van der Waals surface area contributed by atoms with Gasteiger partial charge in [-0.15, -0.1) is 0 Å². The van der Waals surface area contributed by atoms with Crippen molar-refractivity contribution in [1.29, 1.82) is 0 Å². The van der Waals surface area contributed by atoms with Gasteiger partial charge in [-0.2, -0.15) is 0 Å². The molecule has 1 rings (SSSR count). The first kappa shape index (κ1) is 7.63. The van der Waals surface area contributed by atoms with Crippen LogP contribution in [0.4, 0.5) is 0 Å². The van der Waals surface area contributed by atoms with Crippen molar-refractivity contribution >= 4 is 0 Å². The summed E-state index contributed by atoms with van der Waals surface area (Å²) in [6, 6.07) is 0. The van der Waals surface area contributed by atoms with Gasteiger partial charge in [-0.3, -0.25) is 4.90 Å². The lowest BCUT2D eigenvalue weighted by molar-refractivity contribution is 0.207. The molecule has 0 N–H and O–H groups in total. The molecule has 0 bridgehead atoms. The van der Waals surface area contributed by atoms with Crippen molar-refractivity contribution in [1.82, 2.24) is 4.90 Å². The minimum absolute atomic E-state index is 0.529. The fourth-order valence-electron chi connectivity index (χ4n) is 0.901. The van der Waals surface area contributed by atoms with Crippen molar-refractivity contribution in [2.75, 3.05) is 19.6 Å². The highest BCUT2D eigenvalue weighted by Gasteiger charge is 2.10. The maximum atomic E-state index is 3.16. The van der Waals surface area contributed by atoms with E-state index in [9.17, 15) is 0 Å². The fourth-order valence-corrected chi connectivity index (χ4v) is 0.901. The van der Waals surface area contributed by atoms with Crippen molar-refractivity contribution in [2.24, 2.45) is 5.92 Å². The largest absolute Gasteiger partial charge is 0.292 e. The Hall–Kier alpha value is -0.480. The third kappa shape index (κ3) is 2.41. The van der Waals surface area contributed by atoms with Gasteiger partial charge >= 0.3 is 0 Å². The summed E-state index contributed by atoms with van der Waals surface area (Å²) in [6.45, 7) is 7.75. The zero-order chi connectivity index (χ0) is 7.40. The molecule has 1 aliphatic rings. The van der Waals surface area contributed by atoms with Crippen LogP contribution in [0.25, 0.3) is 0 Å². The topological polar surface area (TPSA) is 3.24 Å². The van der Waals surface area contributed by atoms with Gasteiger partial charge < -0.3 is 0 Å². The molecule has 0 aromatic heterocycles. The Bertz CT molecular complexity index is 146. The van der Waals surface area contributed by atoms with Crippen LogP contribution < -0.4 is 0 Å². The lowest BCUT2D eigenvalue weighted by Crippen LogP contribution is -2.37. The molecule has 0 unspecified atom stereocenters. The molecule has 1 saturated heterocycles. The fraction of sp³-hybridized carbons (Fsp3) is 0.778. The van der Waals surface area contributed by atoms with Gasteiger partial charge in [0, 0.05) is 19.0 Å². The maximum absolute atomic E-state index is 3.16. The van der Waals surface area contributed by atoms with Crippen molar-refractivity contribution in [3.8, 4) is 11.8 Å². The van der Waals surface area contributed by atoms with Crippen LogP contribution in [0, 0.1) is 17.8 Å². The highest BCUT2D eigenvalue weighted by atomic mass is 15.2. The molecule has 0 aromatic rings. The van der Waals surface area contributed by atoms with E-state index in [-0.39, 0.29) is 0 Å². The SMILES string of the molecule is CC(C)C#CCN1CCC1. The van der Waals surface area contributed by atoms with E-state index in [0.717, 1.165) is 6.54 Å². The number of nitrogens with zero attached hydrogens (tertiary/aromatic N) is 1. The Balaban J connectivity index is 2.09. The first-order chi connectivity index (χ1) is 4.79. The van der Waals surface area contributed by atoms with E-state index in [0.29, 0.717) is 5.92 Å². The van der Waals surface area contributed by atoms with Gasteiger partial charge in [0.15, 0.2) is 0 Å². The number of hydrogen-bond acceptors (Lipinski definition) is 1. The summed E-state index contributed by atoms with van der Waals surface area (Å²) in [7, 11) is 0. The van der Waals surface area contributed by atoms with Crippen LogP contribution in [0.15, 0.2) is 0 Å². The minimum Gasteiger partial charge on any atom is -0.292 e. The van der Waals surface area contributed by atoms with Crippen LogP contribution in [0.5, 0.6) is 0 Å². The molecule has 10 heavy (non-hydrogen) atoms. The molecule has 0 aromatic carbocycles. The number of hydrogen-bond donors (Lipinski definition) is 0. The van der Waals surface area contributed by atoms with E-state index in [1.165, 1.54) is 19.5 Å². The molecular weight excluding hydrogens is 122 g/mol. The minimum atomic E-state index is 0.529. The third-order valence-electron chi connectivity index (χ3n) is 1.64. The molecule has 0 aliphatic carbocycles. The average Bonchev–Trinajstić information content (AvgIpc) is 1.75. The average molecular weight is 137 g/mol. The van der Waals surface area contributed by atoms with Crippen molar-refractivity contribution in [3.63, 3.8) is 0 Å². The van der Waals surface area contributed by atoms with Gasteiger partial charge in [0.1, 0.15) is 0 Å². The molecule has 56 valence electrons. The Morgan fingerprint density at radius 3 is 2.50 bits per heavy atom. The highest BCUT2D eigenvalue weighted by molar-refractivity contribution is 5.03. The molecule has 1 aliphatic heterocycles. The first-order valence-electron chi connectivity index (χ1n) is 4.00. The molecule has 1 fully saturated rings. The van der Waals surface area contributed by atoms with E-state index in [2.05, 4.69) is 30.6 Å². The van der Waals surface area contributed by atoms with Crippen LogP contribution >= 0.6 is 0 Å². The molecular formula is C9H15N. The summed E-state index contributed by atoms with van der Waals surface area (Å²) >= 11 is 0. The van der Waals surface area contributed by atoms with Crippen LogP contribution in [0.3, 0.4) is 0 Å². The molecule has 0 saturated carbocycles. The Labute approximate surface area is 63.4 Å². The quantitative estimate of drug-likeness (QED) is 0.493. The van der Waals surface area contributed by atoms with E-state index in [1.807, 2.05) is 0 Å². The molecule has 0 atom stereocenters. The maximum Gasteiger partial charge on any atom is 0.0601 e. The van der Waals surface area contributed by atoms with Gasteiger partial charge in [0.25, 0.3) is 0 Å². The summed E-state index contributed by atoms with van der Waals surface area (Å²) in [5.41, 5.74) is 0. The number of likely N-dealkylation sites (tertiary alicyclic amines) is 1. The molecule has 1 heteroatoms. The standard InChI is InChI=1S/C9H15N/c1-9(2)5-3-6-10-7-4-8-10/h9H,4,6-8H2,1-2H3. The second-order valence-electron chi connectivity index (χ2n) is 3.11. The normalized spacial score (nSPS) is 17.9. The zero-order valence-electron chi connectivity index (χ0n) is 6.85. The molecule has 0 spiro atoms. The summed E-state index contributed by atoms with van der Waals surface area (Å²) in [5.74, 6) is 6.84. The Morgan fingerprint density at radius 2 is 2.10 bits per heavy atom. The van der Waals surface area contributed by atoms with E-state index >= 15 is 0 Å². The van der Waals surface area contributed by atoms with Crippen molar-refractivity contribution in [2.45, 2.75) is 20.3 Å². The van der Waals surface area contributed by atoms with E-state index in [4.69, 9.17) is 0 Å². The predicted molar refractivity (Wildman–Crippen MR) is 43.7 cm³/mol. The van der Waals surface area contributed by atoms with Crippen LogP contribution in [-0.4, -0.2) is 24.5 Å². The summed E-state index contributed by atoms with van der Waals surface area (Å²) in [6.07, 6.45) is 1.36. The summed E-state index contributed by atoms with van der Waals surface area (Å²) < 4.78 is 0. The van der Waals surface area contributed by atoms with Crippen molar-refractivity contribution < 1.29 is 0 Å². The second-order valence-corrected chi connectivity index (χ2v) is 3.11. The van der Waals surface area contributed by atoms with Crippen LogP contribution in [0.1, 0.15) is 20.3 Å². The summed E-state index contributed by atoms with van der Waals surface area (Å²) in [5, 5.41) is 0. The zero-order valence-corrected chi connectivity index (χ0v) is 6.85. The van der Waals surface area contributed by atoms with Gasteiger partial charge in [0.2, 0.25) is 0 Å². The third-order valence-corrected chi connectivity index (χ3v) is 1.64. The molecule has 0 amide bonds. The van der Waals surface area contributed by atoms with Crippen molar-refractivity contribution in [3.05, 3.63) is 0 Å². The van der Waals surface area contributed by atoms with Crippen LogP contribution in [0.2, 0.25) is 0 Å². The van der Waals surface area contributed by atoms with Gasteiger partial charge in [-0.25, -0.2) is 0 Å². The second kappa shape index (κ2) is 3.63. The van der Waals surface area contributed by atoms with Crippen LogP contribution in [-0.2, 0) is 0 Å². The number of rotatable bonds is 1.